The second-order valence-corrected chi connectivity index (χ2v) is 4.96. The lowest BCUT2D eigenvalue weighted by molar-refractivity contribution is 0.476. The van der Waals surface area contributed by atoms with Gasteiger partial charge in [-0.05, 0) is 50.8 Å². The van der Waals surface area contributed by atoms with Crippen LogP contribution in [0.5, 0.6) is 0 Å². The van der Waals surface area contributed by atoms with Crippen molar-refractivity contribution < 1.29 is 0 Å². The lowest BCUT2D eigenvalue weighted by Crippen LogP contribution is -2.12. The fraction of sp³-hybridized carbons (Fsp3) is 0.333. The molecule has 2 unspecified atom stereocenters. The molecule has 0 spiro atoms. The number of halogens is 1. The van der Waals surface area contributed by atoms with E-state index in [2.05, 4.69) is 65.1 Å². The Labute approximate surface area is 93.2 Å². The monoisotopic (exact) mass is 284 g/mol. The Bertz CT molecular complexity index is 294. The molecule has 1 heteroatoms. The topological polar surface area (TPSA) is 0 Å². The summed E-state index contributed by atoms with van der Waals surface area (Å²) in [6.07, 6.45) is 18.1. The lowest BCUT2D eigenvalue weighted by atomic mass is 9.83. The van der Waals surface area contributed by atoms with Crippen LogP contribution in [0.2, 0.25) is 0 Å². The van der Waals surface area contributed by atoms with Crippen molar-refractivity contribution in [3.8, 4) is 0 Å². The van der Waals surface area contributed by atoms with E-state index < -0.39 is 0 Å². The molecular weight excluding hydrogens is 271 g/mol. The highest BCUT2D eigenvalue weighted by molar-refractivity contribution is 14.1. The number of hydrogen-bond donors (Lipinski definition) is 0. The van der Waals surface area contributed by atoms with Gasteiger partial charge in [-0.25, -0.2) is 0 Å². The Balaban J connectivity index is 2.03. The van der Waals surface area contributed by atoms with Crippen LogP contribution < -0.4 is 0 Å². The fourth-order valence-electron chi connectivity index (χ4n) is 1.88. The maximum Gasteiger partial charge on any atom is -0.00881 e. The minimum Gasteiger partial charge on any atom is -0.0839 e. The molecule has 2 aliphatic rings. The highest BCUT2D eigenvalue weighted by atomic mass is 127. The maximum atomic E-state index is 2.44. The highest BCUT2D eigenvalue weighted by Crippen LogP contribution is 2.32. The van der Waals surface area contributed by atoms with E-state index in [0.29, 0.717) is 0 Å². The van der Waals surface area contributed by atoms with Gasteiger partial charge in [-0.2, -0.15) is 0 Å². The van der Waals surface area contributed by atoms with Crippen molar-refractivity contribution in [3.05, 3.63) is 46.1 Å². The van der Waals surface area contributed by atoms with Crippen LogP contribution in [-0.4, -0.2) is 0 Å². The first-order valence-electron chi connectivity index (χ1n) is 4.72. The average molecular weight is 284 g/mol. The number of rotatable bonds is 1. The zero-order valence-corrected chi connectivity index (χ0v) is 9.65. The first kappa shape index (κ1) is 9.25. The molecule has 0 aromatic carbocycles. The zero-order chi connectivity index (χ0) is 9.10. The van der Waals surface area contributed by atoms with E-state index in [9.17, 15) is 0 Å². The third kappa shape index (κ3) is 2.33. The van der Waals surface area contributed by atoms with Gasteiger partial charge in [0.25, 0.3) is 0 Å². The third-order valence-electron chi connectivity index (χ3n) is 2.63. The molecule has 2 aliphatic carbocycles. The van der Waals surface area contributed by atoms with E-state index in [1.54, 1.807) is 0 Å². The predicted molar refractivity (Wildman–Crippen MR) is 65.7 cm³/mol. The summed E-state index contributed by atoms with van der Waals surface area (Å²) in [6, 6.07) is 0. The van der Waals surface area contributed by atoms with Gasteiger partial charge < -0.3 is 0 Å². The molecule has 0 radical (unpaired) electrons. The van der Waals surface area contributed by atoms with Crippen molar-refractivity contribution in [1.29, 1.82) is 0 Å². The Morgan fingerprint density at radius 3 is 2.62 bits per heavy atom. The summed E-state index contributed by atoms with van der Waals surface area (Å²) >= 11 is 2.44. The molecule has 0 nitrogen and oxygen atoms in total. The molecular formula is C12H13I. The number of hydrogen-bond acceptors (Lipinski definition) is 0. The van der Waals surface area contributed by atoms with Crippen molar-refractivity contribution in [1.82, 2.24) is 0 Å². The van der Waals surface area contributed by atoms with Crippen LogP contribution in [0, 0.1) is 11.8 Å². The first-order chi connectivity index (χ1) is 6.36. The molecule has 0 N–H and O–H groups in total. The van der Waals surface area contributed by atoms with Crippen LogP contribution in [0.4, 0.5) is 0 Å². The predicted octanol–water partition coefficient (Wildman–Crippen LogP) is 4.01. The van der Waals surface area contributed by atoms with Crippen molar-refractivity contribution in [2.45, 2.75) is 12.8 Å². The van der Waals surface area contributed by atoms with Gasteiger partial charge in [0.2, 0.25) is 0 Å². The average Bonchev–Trinajstić information content (AvgIpc) is 2.19. The van der Waals surface area contributed by atoms with Crippen molar-refractivity contribution >= 4 is 22.6 Å². The van der Waals surface area contributed by atoms with Crippen LogP contribution >= 0.6 is 22.6 Å². The molecule has 68 valence electrons. The molecule has 0 fully saturated rings. The van der Waals surface area contributed by atoms with Gasteiger partial charge in [-0.3, -0.25) is 0 Å². The Hall–Kier alpha value is -0.310. The Morgan fingerprint density at radius 2 is 1.92 bits per heavy atom. The van der Waals surface area contributed by atoms with Gasteiger partial charge in [0.15, 0.2) is 0 Å². The van der Waals surface area contributed by atoms with Gasteiger partial charge in [0, 0.05) is 0 Å². The fourth-order valence-corrected chi connectivity index (χ4v) is 2.59. The summed E-state index contributed by atoms with van der Waals surface area (Å²) in [5.74, 6) is 1.44. The second-order valence-electron chi connectivity index (χ2n) is 3.58. The summed E-state index contributed by atoms with van der Waals surface area (Å²) < 4.78 is 1.48. The molecule has 0 bridgehead atoms. The third-order valence-corrected chi connectivity index (χ3v) is 3.43. The summed E-state index contributed by atoms with van der Waals surface area (Å²) in [6.45, 7) is 0. The van der Waals surface area contributed by atoms with Crippen molar-refractivity contribution in [3.63, 3.8) is 0 Å². The highest BCUT2D eigenvalue weighted by Gasteiger charge is 2.18. The van der Waals surface area contributed by atoms with E-state index in [1.807, 2.05) is 0 Å². The minimum atomic E-state index is 0.720. The quantitative estimate of drug-likeness (QED) is 0.638. The van der Waals surface area contributed by atoms with E-state index >= 15 is 0 Å². The molecule has 0 aliphatic heterocycles. The van der Waals surface area contributed by atoms with E-state index in [4.69, 9.17) is 0 Å². The van der Waals surface area contributed by atoms with Crippen molar-refractivity contribution in [2.75, 3.05) is 0 Å². The van der Waals surface area contributed by atoms with Gasteiger partial charge in [-0.15, -0.1) is 0 Å². The number of allylic oxidation sites excluding steroid dienone is 8. The smallest absolute Gasteiger partial charge is 0.00881 e. The Morgan fingerprint density at radius 1 is 1.08 bits per heavy atom. The zero-order valence-electron chi connectivity index (χ0n) is 7.49. The SMILES string of the molecule is IC1=CC=CC(C2C=CC=CC2)C1. The van der Waals surface area contributed by atoms with Gasteiger partial charge >= 0.3 is 0 Å². The molecule has 0 saturated carbocycles. The molecule has 0 heterocycles. The standard InChI is InChI=1S/C12H13I/c13-12-8-4-7-11(9-12)10-5-2-1-3-6-10/h1-5,7-8,10-11H,6,9H2. The van der Waals surface area contributed by atoms with Crippen LogP contribution in [-0.2, 0) is 0 Å². The van der Waals surface area contributed by atoms with Crippen LogP contribution in [0.25, 0.3) is 0 Å². The molecule has 0 saturated heterocycles. The molecule has 0 amide bonds. The second kappa shape index (κ2) is 4.27. The summed E-state index contributed by atoms with van der Waals surface area (Å²) in [5, 5.41) is 0. The van der Waals surface area contributed by atoms with E-state index in [1.165, 1.54) is 16.4 Å². The Kier molecular flexibility index (Phi) is 3.04. The van der Waals surface area contributed by atoms with Crippen molar-refractivity contribution in [2.24, 2.45) is 11.8 Å². The lowest BCUT2D eigenvalue weighted by Gasteiger charge is -2.23. The van der Waals surface area contributed by atoms with Crippen LogP contribution in [0.15, 0.2) is 46.1 Å². The normalized spacial score (nSPS) is 31.9. The summed E-state index contributed by atoms with van der Waals surface area (Å²) in [5.41, 5.74) is 0. The maximum absolute atomic E-state index is 2.44. The van der Waals surface area contributed by atoms with Crippen LogP contribution in [0.3, 0.4) is 0 Å². The summed E-state index contributed by atoms with van der Waals surface area (Å²) in [4.78, 5) is 0. The van der Waals surface area contributed by atoms with E-state index in [-0.39, 0.29) is 0 Å². The van der Waals surface area contributed by atoms with Crippen LogP contribution in [0.1, 0.15) is 12.8 Å². The van der Waals surface area contributed by atoms with Gasteiger partial charge in [-0.1, -0.05) is 42.5 Å². The molecule has 0 aromatic rings. The van der Waals surface area contributed by atoms with E-state index in [0.717, 1.165) is 11.8 Å². The molecule has 0 aromatic heterocycles. The summed E-state index contributed by atoms with van der Waals surface area (Å²) in [7, 11) is 0. The van der Waals surface area contributed by atoms with Gasteiger partial charge in [0.1, 0.15) is 0 Å². The minimum absolute atomic E-state index is 0.720. The molecule has 2 rings (SSSR count). The largest absolute Gasteiger partial charge is 0.0839 e. The molecule has 2 atom stereocenters. The first-order valence-corrected chi connectivity index (χ1v) is 5.80. The molecule has 13 heavy (non-hydrogen) atoms. The van der Waals surface area contributed by atoms with Gasteiger partial charge in [0.05, 0.1) is 0 Å².